The Bertz CT molecular complexity index is 416. The van der Waals surface area contributed by atoms with Crippen molar-refractivity contribution in [1.29, 1.82) is 0 Å². The van der Waals surface area contributed by atoms with Crippen molar-refractivity contribution in [2.45, 2.75) is 44.8 Å². The Kier molecular flexibility index (Phi) is 5.18. The van der Waals surface area contributed by atoms with Crippen LogP contribution in [0.15, 0.2) is 0 Å². The first kappa shape index (κ1) is 16.9. The maximum absolute atomic E-state index is 12.1. The van der Waals surface area contributed by atoms with E-state index < -0.39 is 18.9 Å². The van der Waals surface area contributed by atoms with Gasteiger partial charge < -0.3 is 15.0 Å². The zero-order chi connectivity index (χ0) is 16.3. The van der Waals surface area contributed by atoms with Crippen LogP contribution in [0.5, 0.6) is 0 Å². The molecule has 1 aliphatic heterocycles. The predicted molar refractivity (Wildman–Crippen MR) is 72.0 cm³/mol. The summed E-state index contributed by atoms with van der Waals surface area (Å²) in [5.74, 6) is 0.358. The maximum atomic E-state index is 12.1. The fourth-order valence-electron chi connectivity index (χ4n) is 2.62. The molecule has 5 nitrogen and oxygen atoms in total. The summed E-state index contributed by atoms with van der Waals surface area (Å²) < 4.78 is 40.2. The van der Waals surface area contributed by atoms with Gasteiger partial charge >= 0.3 is 12.3 Å². The third-order valence-electron chi connectivity index (χ3n) is 4.18. The summed E-state index contributed by atoms with van der Waals surface area (Å²) in [6.07, 6.45) is -2.31. The molecule has 0 bridgehead atoms. The monoisotopic (exact) mass is 322 g/mol. The SMILES string of the molecule is C[C@@H](NC(=O)C1CCN(C(=O)OCC(F)(F)F)CC1)C1CC1. The lowest BCUT2D eigenvalue weighted by Crippen LogP contribution is -2.45. The topological polar surface area (TPSA) is 58.6 Å². The molecule has 8 heteroatoms. The van der Waals surface area contributed by atoms with Crippen molar-refractivity contribution in [2.75, 3.05) is 19.7 Å². The molecule has 1 atom stereocenters. The van der Waals surface area contributed by atoms with E-state index in [9.17, 15) is 22.8 Å². The fourth-order valence-corrected chi connectivity index (χ4v) is 2.62. The summed E-state index contributed by atoms with van der Waals surface area (Å²) >= 11 is 0. The van der Waals surface area contributed by atoms with E-state index in [1.165, 1.54) is 4.90 Å². The third-order valence-corrected chi connectivity index (χ3v) is 4.18. The Morgan fingerprint density at radius 1 is 1.23 bits per heavy atom. The van der Waals surface area contributed by atoms with Gasteiger partial charge in [0.25, 0.3) is 0 Å². The normalized spacial score (nSPS) is 21.4. The average molecular weight is 322 g/mol. The molecule has 1 N–H and O–H groups in total. The molecule has 0 aromatic carbocycles. The highest BCUT2D eigenvalue weighted by atomic mass is 19.4. The molecule has 0 aromatic heterocycles. The largest absolute Gasteiger partial charge is 0.440 e. The zero-order valence-corrected chi connectivity index (χ0v) is 12.5. The molecule has 2 amide bonds. The quantitative estimate of drug-likeness (QED) is 0.864. The maximum Gasteiger partial charge on any atom is 0.422 e. The van der Waals surface area contributed by atoms with Crippen LogP contribution in [0.1, 0.15) is 32.6 Å². The fraction of sp³-hybridized carbons (Fsp3) is 0.857. The van der Waals surface area contributed by atoms with Gasteiger partial charge in [0.05, 0.1) is 0 Å². The molecule has 2 rings (SSSR count). The molecular weight excluding hydrogens is 301 g/mol. The number of carbonyl (C=O) groups excluding carboxylic acids is 2. The first-order valence-electron chi connectivity index (χ1n) is 7.55. The second-order valence-corrected chi connectivity index (χ2v) is 6.07. The lowest BCUT2D eigenvalue weighted by Gasteiger charge is -2.31. The van der Waals surface area contributed by atoms with Crippen molar-refractivity contribution < 1.29 is 27.5 Å². The lowest BCUT2D eigenvalue weighted by molar-refractivity contribution is -0.162. The van der Waals surface area contributed by atoms with Gasteiger partial charge in [-0.15, -0.1) is 0 Å². The van der Waals surface area contributed by atoms with Gasteiger partial charge in [-0.25, -0.2) is 4.79 Å². The Hall–Kier alpha value is -1.47. The van der Waals surface area contributed by atoms with Gasteiger partial charge in [-0.3, -0.25) is 4.79 Å². The second-order valence-electron chi connectivity index (χ2n) is 6.07. The highest BCUT2D eigenvalue weighted by molar-refractivity contribution is 5.79. The molecule has 22 heavy (non-hydrogen) atoms. The summed E-state index contributed by atoms with van der Waals surface area (Å²) in [7, 11) is 0. The van der Waals surface area contributed by atoms with E-state index in [2.05, 4.69) is 10.1 Å². The molecule has 1 saturated heterocycles. The minimum Gasteiger partial charge on any atom is -0.440 e. The van der Waals surface area contributed by atoms with Crippen molar-refractivity contribution >= 4 is 12.0 Å². The number of ether oxygens (including phenoxy) is 1. The smallest absolute Gasteiger partial charge is 0.422 e. The molecule has 2 aliphatic rings. The number of hydrogen-bond donors (Lipinski definition) is 1. The van der Waals surface area contributed by atoms with Crippen molar-refractivity contribution in [3.05, 3.63) is 0 Å². The van der Waals surface area contributed by atoms with Crippen LogP contribution < -0.4 is 5.32 Å². The number of amides is 2. The zero-order valence-electron chi connectivity index (χ0n) is 12.5. The number of likely N-dealkylation sites (tertiary alicyclic amines) is 1. The number of alkyl halides is 3. The number of piperidine rings is 1. The number of nitrogens with one attached hydrogen (secondary N) is 1. The Balaban J connectivity index is 1.70. The Morgan fingerprint density at radius 2 is 1.82 bits per heavy atom. The van der Waals surface area contributed by atoms with Gasteiger partial charge in [-0.2, -0.15) is 13.2 Å². The van der Waals surface area contributed by atoms with E-state index in [-0.39, 0.29) is 31.0 Å². The highest BCUT2D eigenvalue weighted by Crippen LogP contribution is 2.32. The molecule has 126 valence electrons. The lowest BCUT2D eigenvalue weighted by atomic mass is 9.95. The van der Waals surface area contributed by atoms with Gasteiger partial charge in [0.1, 0.15) is 0 Å². The summed E-state index contributed by atoms with van der Waals surface area (Å²) in [6.45, 7) is 0.892. The Morgan fingerprint density at radius 3 is 2.32 bits per heavy atom. The van der Waals surface area contributed by atoms with Crippen LogP contribution in [0.25, 0.3) is 0 Å². The molecule has 0 unspecified atom stereocenters. The molecule has 0 aromatic rings. The standard InChI is InChI=1S/C14H21F3N2O3/c1-9(10-2-3-10)18-12(20)11-4-6-19(7-5-11)13(21)22-8-14(15,16)17/h9-11H,2-8H2,1H3,(H,18,20)/t9-/m1/s1. The minimum atomic E-state index is -4.52. The molecule has 0 spiro atoms. The summed E-state index contributed by atoms with van der Waals surface area (Å²) in [6, 6.07) is 0.169. The van der Waals surface area contributed by atoms with Crippen LogP contribution in [0.4, 0.5) is 18.0 Å². The summed E-state index contributed by atoms with van der Waals surface area (Å²) in [5.41, 5.74) is 0. The van der Waals surface area contributed by atoms with Crippen LogP contribution in [0, 0.1) is 11.8 Å². The van der Waals surface area contributed by atoms with Crippen LogP contribution in [0.3, 0.4) is 0 Å². The minimum absolute atomic E-state index is 0.0253. The molecular formula is C14H21F3N2O3. The summed E-state index contributed by atoms with van der Waals surface area (Å²) in [4.78, 5) is 24.8. The van der Waals surface area contributed by atoms with Gasteiger partial charge in [-0.1, -0.05) is 0 Å². The average Bonchev–Trinajstić information content (AvgIpc) is 3.28. The molecule has 1 saturated carbocycles. The number of hydrogen-bond acceptors (Lipinski definition) is 3. The van der Waals surface area contributed by atoms with E-state index in [0.717, 1.165) is 12.8 Å². The van der Waals surface area contributed by atoms with Gasteiger partial charge in [0.2, 0.25) is 5.91 Å². The Labute approximate surface area is 127 Å². The van der Waals surface area contributed by atoms with Crippen LogP contribution in [-0.2, 0) is 9.53 Å². The van der Waals surface area contributed by atoms with E-state index in [4.69, 9.17) is 0 Å². The highest BCUT2D eigenvalue weighted by Gasteiger charge is 2.34. The van der Waals surface area contributed by atoms with Gasteiger partial charge in [0, 0.05) is 25.0 Å². The second kappa shape index (κ2) is 6.75. The molecule has 1 aliphatic carbocycles. The van der Waals surface area contributed by atoms with Crippen molar-refractivity contribution in [1.82, 2.24) is 10.2 Å². The van der Waals surface area contributed by atoms with E-state index in [0.29, 0.717) is 18.8 Å². The van der Waals surface area contributed by atoms with Crippen molar-refractivity contribution in [2.24, 2.45) is 11.8 Å². The van der Waals surface area contributed by atoms with E-state index >= 15 is 0 Å². The first-order valence-corrected chi connectivity index (χ1v) is 7.55. The van der Waals surface area contributed by atoms with E-state index in [1.54, 1.807) is 0 Å². The molecule has 1 heterocycles. The van der Waals surface area contributed by atoms with E-state index in [1.807, 2.05) is 6.92 Å². The predicted octanol–water partition coefficient (Wildman–Crippen LogP) is 2.31. The first-order chi connectivity index (χ1) is 10.3. The summed E-state index contributed by atoms with van der Waals surface area (Å²) in [5, 5.41) is 2.98. The van der Waals surface area contributed by atoms with Gasteiger partial charge in [0.15, 0.2) is 6.61 Å². The number of rotatable bonds is 4. The number of halogens is 3. The van der Waals surface area contributed by atoms with Crippen LogP contribution in [-0.4, -0.2) is 48.8 Å². The van der Waals surface area contributed by atoms with Crippen LogP contribution >= 0.6 is 0 Å². The number of nitrogens with zero attached hydrogens (tertiary/aromatic N) is 1. The third kappa shape index (κ3) is 5.06. The van der Waals surface area contributed by atoms with Crippen LogP contribution in [0.2, 0.25) is 0 Å². The number of carbonyl (C=O) groups is 2. The molecule has 0 radical (unpaired) electrons. The van der Waals surface area contributed by atoms with Crippen molar-refractivity contribution in [3.8, 4) is 0 Å². The van der Waals surface area contributed by atoms with Gasteiger partial charge in [-0.05, 0) is 38.5 Å². The molecule has 2 fully saturated rings. The van der Waals surface area contributed by atoms with Crippen molar-refractivity contribution in [3.63, 3.8) is 0 Å².